The molecule has 1 amide bonds. The fourth-order valence-corrected chi connectivity index (χ4v) is 2.11. The Bertz CT molecular complexity index is 615. The number of carboxylic acid groups (broad SMARTS) is 1. The Kier molecular flexibility index (Phi) is 3.84. The molecule has 20 heavy (non-hydrogen) atoms. The van der Waals surface area contributed by atoms with Crippen molar-refractivity contribution >= 4 is 17.6 Å². The van der Waals surface area contributed by atoms with Gasteiger partial charge in [0.1, 0.15) is 6.67 Å². The molecule has 0 aliphatic carbocycles. The lowest BCUT2D eigenvalue weighted by molar-refractivity contribution is -0.149. The molecule has 1 aromatic carbocycles. The maximum atomic E-state index is 12.0. The molecule has 1 heterocycles. The average molecular weight is 273 g/mol. The quantitative estimate of drug-likeness (QED) is 0.861. The highest BCUT2D eigenvalue weighted by atomic mass is 16.4. The minimum atomic E-state index is -1.49. The van der Waals surface area contributed by atoms with Gasteiger partial charge in [0, 0.05) is 12.4 Å². The van der Waals surface area contributed by atoms with Gasteiger partial charge in [-0.25, -0.2) is 4.79 Å². The zero-order chi connectivity index (χ0) is 14.7. The van der Waals surface area contributed by atoms with Crippen LogP contribution in [0.25, 0.3) is 0 Å². The molecule has 1 aromatic heterocycles. The van der Waals surface area contributed by atoms with Crippen molar-refractivity contribution in [1.82, 2.24) is 9.78 Å². The molecule has 0 spiro atoms. The van der Waals surface area contributed by atoms with Crippen molar-refractivity contribution in [3.05, 3.63) is 47.8 Å². The molecule has 1 N–H and O–H groups in total. The number of carbonyl (C=O) groups excluding carboxylic acids is 1. The minimum absolute atomic E-state index is 0.0594. The summed E-state index contributed by atoms with van der Waals surface area (Å²) in [4.78, 5) is 24.2. The molecule has 0 radical (unpaired) electrons. The molecular weight excluding hydrogens is 258 g/mol. The summed E-state index contributed by atoms with van der Waals surface area (Å²) >= 11 is 0. The van der Waals surface area contributed by atoms with Crippen LogP contribution in [0.2, 0.25) is 0 Å². The van der Waals surface area contributed by atoms with E-state index in [-0.39, 0.29) is 6.67 Å². The lowest BCUT2D eigenvalue weighted by Crippen LogP contribution is -2.39. The first-order valence-corrected chi connectivity index (χ1v) is 6.09. The molecule has 104 valence electrons. The summed E-state index contributed by atoms with van der Waals surface area (Å²) in [6.07, 6.45) is 3.25. The van der Waals surface area contributed by atoms with Crippen LogP contribution in [0.3, 0.4) is 0 Å². The first-order valence-electron chi connectivity index (χ1n) is 6.09. The van der Waals surface area contributed by atoms with Gasteiger partial charge in [-0.05, 0) is 31.0 Å². The van der Waals surface area contributed by atoms with Crippen LogP contribution in [0.1, 0.15) is 11.1 Å². The third-order valence-corrected chi connectivity index (χ3v) is 2.98. The van der Waals surface area contributed by atoms with E-state index < -0.39 is 11.9 Å². The van der Waals surface area contributed by atoms with Crippen LogP contribution < -0.4 is 4.90 Å². The number of hydrogen-bond donors (Lipinski definition) is 1. The molecule has 2 aromatic rings. The van der Waals surface area contributed by atoms with Gasteiger partial charge in [0.15, 0.2) is 0 Å². The normalized spacial score (nSPS) is 10.3. The van der Waals surface area contributed by atoms with Crippen molar-refractivity contribution in [2.24, 2.45) is 0 Å². The van der Waals surface area contributed by atoms with E-state index in [1.165, 1.54) is 9.58 Å². The van der Waals surface area contributed by atoms with Crippen molar-refractivity contribution in [3.8, 4) is 0 Å². The van der Waals surface area contributed by atoms with Gasteiger partial charge in [-0.15, -0.1) is 0 Å². The number of rotatable bonds is 3. The molecule has 0 fully saturated rings. The summed E-state index contributed by atoms with van der Waals surface area (Å²) in [7, 11) is 0. The molecule has 6 nitrogen and oxygen atoms in total. The Morgan fingerprint density at radius 2 is 1.90 bits per heavy atom. The lowest BCUT2D eigenvalue weighted by atomic mass is 10.1. The minimum Gasteiger partial charge on any atom is -0.474 e. The zero-order valence-electron chi connectivity index (χ0n) is 11.3. The highest BCUT2D eigenvalue weighted by Gasteiger charge is 2.25. The van der Waals surface area contributed by atoms with Crippen LogP contribution in [-0.4, -0.2) is 26.8 Å². The number of carboxylic acids is 1. The van der Waals surface area contributed by atoms with Gasteiger partial charge in [-0.1, -0.05) is 18.2 Å². The standard InChI is InChI=1S/C14H15N3O3/c1-10-5-3-6-11(2)12(10)17(13(18)14(19)20)9-16-8-4-7-15-16/h3-8H,9H2,1-2H3,(H,19,20). The van der Waals surface area contributed by atoms with Gasteiger partial charge in [0.05, 0.1) is 5.69 Å². The molecular formula is C14H15N3O3. The second kappa shape index (κ2) is 5.56. The number of benzene rings is 1. The van der Waals surface area contributed by atoms with Gasteiger partial charge in [-0.2, -0.15) is 5.10 Å². The van der Waals surface area contributed by atoms with Crippen molar-refractivity contribution in [1.29, 1.82) is 0 Å². The van der Waals surface area contributed by atoms with Crippen LogP contribution in [0.5, 0.6) is 0 Å². The van der Waals surface area contributed by atoms with Gasteiger partial charge in [0.2, 0.25) is 0 Å². The van der Waals surface area contributed by atoms with Gasteiger partial charge in [-0.3, -0.25) is 14.4 Å². The van der Waals surface area contributed by atoms with E-state index in [4.69, 9.17) is 5.11 Å². The fourth-order valence-electron chi connectivity index (χ4n) is 2.11. The highest BCUT2D eigenvalue weighted by Crippen LogP contribution is 2.25. The molecule has 0 saturated heterocycles. The molecule has 0 saturated carbocycles. The van der Waals surface area contributed by atoms with E-state index >= 15 is 0 Å². The van der Waals surface area contributed by atoms with E-state index in [0.29, 0.717) is 5.69 Å². The number of aliphatic carboxylic acids is 1. The van der Waals surface area contributed by atoms with Crippen molar-refractivity contribution < 1.29 is 14.7 Å². The lowest BCUT2D eigenvalue weighted by Gasteiger charge is -2.24. The van der Waals surface area contributed by atoms with E-state index in [1.54, 1.807) is 18.5 Å². The Balaban J connectivity index is 2.46. The summed E-state index contributed by atoms with van der Waals surface area (Å²) in [5.74, 6) is -2.46. The predicted octanol–water partition coefficient (Wildman–Crippen LogP) is 1.58. The molecule has 0 aliphatic heterocycles. The average Bonchev–Trinajstić information content (AvgIpc) is 2.89. The van der Waals surface area contributed by atoms with Crippen LogP contribution in [-0.2, 0) is 16.3 Å². The maximum Gasteiger partial charge on any atom is 0.395 e. The third kappa shape index (κ3) is 2.69. The topological polar surface area (TPSA) is 75.4 Å². The second-order valence-corrected chi connectivity index (χ2v) is 4.47. The third-order valence-electron chi connectivity index (χ3n) is 2.98. The van der Waals surface area contributed by atoms with Gasteiger partial charge >= 0.3 is 11.9 Å². The monoisotopic (exact) mass is 273 g/mol. The Labute approximate surface area is 116 Å². The number of hydrogen-bond acceptors (Lipinski definition) is 3. The molecule has 6 heteroatoms. The summed E-state index contributed by atoms with van der Waals surface area (Å²) in [6.45, 7) is 3.74. The summed E-state index contributed by atoms with van der Waals surface area (Å²) in [5, 5.41) is 13.0. The van der Waals surface area contributed by atoms with Crippen molar-refractivity contribution in [2.75, 3.05) is 4.90 Å². The van der Waals surface area contributed by atoms with E-state index in [9.17, 15) is 9.59 Å². The fraction of sp³-hybridized carbons (Fsp3) is 0.214. The van der Waals surface area contributed by atoms with E-state index in [1.807, 2.05) is 32.0 Å². The van der Waals surface area contributed by atoms with Crippen LogP contribution in [0.4, 0.5) is 5.69 Å². The maximum absolute atomic E-state index is 12.0. The van der Waals surface area contributed by atoms with Crippen molar-refractivity contribution in [2.45, 2.75) is 20.5 Å². The van der Waals surface area contributed by atoms with E-state index in [0.717, 1.165) is 11.1 Å². The smallest absolute Gasteiger partial charge is 0.395 e. The largest absolute Gasteiger partial charge is 0.474 e. The SMILES string of the molecule is Cc1cccc(C)c1N(Cn1cccn1)C(=O)C(=O)O. The Hall–Kier alpha value is -2.63. The number of aromatic nitrogens is 2. The highest BCUT2D eigenvalue weighted by molar-refractivity contribution is 6.37. The molecule has 2 rings (SSSR count). The van der Waals surface area contributed by atoms with Crippen LogP contribution in [0.15, 0.2) is 36.7 Å². The van der Waals surface area contributed by atoms with Gasteiger partial charge in [0.25, 0.3) is 0 Å². The number of amides is 1. The number of carbonyl (C=O) groups is 2. The summed E-state index contributed by atoms with van der Waals surface area (Å²) < 4.78 is 1.51. The van der Waals surface area contributed by atoms with Crippen LogP contribution in [0, 0.1) is 13.8 Å². The number of anilines is 1. The summed E-state index contributed by atoms with van der Waals surface area (Å²) in [5.41, 5.74) is 2.29. The van der Waals surface area contributed by atoms with Crippen molar-refractivity contribution in [3.63, 3.8) is 0 Å². The first-order chi connectivity index (χ1) is 9.50. The number of nitrogens with zero attached hydrogens (tertiary/aromatic N) is 3. The predicted molar refractivity (Wildman–Crippen MR) is 73.3 cm³/mol. The molecule has 0 bridgehead atoms. The second-order valence-electron chi connectivity index (χ2n) is 4.47. The first kappa shape index (κ1) is 13.8. The number of aryl methyl sites for hydroxylation is 2. The Morgan fingerprint density at radius 1 is 1.25 bits per heavy atom. The molecule has 0 aliphatic rings. The van der Waals surface area contributed by atoms with Crippen LogP contribution >= 0.6 is 0 Å². The molecule has 0 atom stereocenters. The van der Waals surface area contributed by atoms with Gasteiger partial charge < -0.3 is 5.11 Å². The summed E-state index contributed by atoms with van der Waals surface area (Å²) in [6, 6.07) is 7.26. The Morgan fingerprint density at radius 3 is 2.40 bits per heavy atom. The molecule has 0 unspecified atom stereocenters. The number of para-hydroxylation sites is 1. The zero-order valence-corrected chi connectivity index (χ0v) is 11.3. The van der Waals surface area contributed by atoms with E-state index in [2.05, 4.69) is 5.10 Å².